The van der Waals surface area contributed by atoms with Gasteiger partial charge in [-0.25, -0.2) is 0 Å². The van der Waals surface area contributed by atoms with Crippen molar-refractivity contribution in [2.75, 3.05) is 4.90 Å². The molecule has 0 N–H and O–H groups in total. The molecule has 180 valence electrons. The molecule has 0 bridgehead atoms. The minimum absolute atomic E-state index is 0.180. The number of fused-ring (bicyclic) bond motifs is 6. The number of hydrogen-bond donors (Lipinski definition) is 0. The first kappa shape index (κ1) is 22.1. The average molecular weight is 498 g/mol. The van der Waals surface area contributed by atoms with Crippen LogP contribution < -0.4 is 9.64 Å². The maximum absolute atomic E-state index is 6.85. The Morgan fingerprint density at radius 3 is 2.14 bits per heavy atom. The number of anilines is 3. The molecule has 0 amide bonds. The van der Waals surface area contributed by atoms with Crippen molar-refractivity contribution in [2.45, 2.75) is 26.2 Å². The first-order valence-corrected chi connectivity index (χ1v) is 13.5. The normalized spacial score (nSPS) is 13.7. The third-order valence-electron chi connectivity index (χ3n) is 7.58. The van der Waals surface area contributed by atoms with E-state index in [1.807, 2.05) is 11.3 Å². The van der Waals surface area contributed by atoms with E-state index in [1.54, 1.807) is 0 Å². The van der Waals surface area contributed by atoms with Gasteiger partial charge in [-0.3, -0.25) is 0 Å². The molecule has 1 aliphatic heterocycles. The standard InChI is InChI=1S/C34H27NOS/c1-22-13-15-24(16-14-22)35(23-9-5-4-6-10-23)25-17-18-27-29(21-25)36-33-28(34(27,2)3)19-20-31-32(33)26-11-7-8-12-30(26)37-31/h4-21H,1-3H3. The zero-order valence-corrected chi connectivity index (χ0v) is 22.0. The summed E-state index contributed by atoms with van der Waals surface area (Å²) in [5, 5.41) is 2.49. The second kappa shape index (κ2) is 8.22. The van der Waals surface area contributed by atoms with E-state index in [-0.39, 0.29) is 5.41 Å². The lowest BCUT2D eigenvalue weighted by Gasteiger charge is -2.36. The van der Waals surface area contributed by atoms with Gasteiger partial charge in [0.1, 0.15) is 11.5 Å². The second-order valence-electron chi connectivity index (χ2n) is 10.3. The highest BCUT2D eigenvalue weighted by atomic mass is 32.1. The smallest absolute Gasteiger partial charge is 0.140 e. The van der Waals surface area contributed by atoms with E-state index in [2.05, 4.69) is 135 Å². The number of benzene rings is 5. The molecule has 2 nitrogen and oxygen atoms in total. The van der Waals surface area contributed by atoms with Gasteiger partial charge in [0.15, 0.2) is 0 Å². The van der Waals surface area contributed by atoms with Gasteiger partial charge in [-0.1, -0.05) is 80.1 Å². The molecule has 0 spiro atoms. The molecule has 1 aromatic heterocycles. The van der Waals surface area contributed by atoms with Gasteiger partial charge in [-0.15, -0.1) is 11.3 Å². The highest BCUT2D eigenvalue weighted by Gasteiger charge is 2.36. The third kappa shape index (κ3) is 3.46. The van der Waals surface area contributed by atoms with E-state index >= 15 is 0 Å². The molecule has 0 atom stereocenters. The highest BCUT2D eigenvalue weighted by Crippen LogP contribution is 2.54. The van der Waals surface area contributed by atoms with Gasteiger partial charge in [0, 0.05) is 59.8 Å². The Morgan fingerprint density at radius 1 is 0.649 bits per heavy atom. The second-order valence-corrected chi connectivity index (χ2v) is 11.4. The zero-order valence-electron chi connectivity index (χ0n) is 21.2. The molecule has 0 unspecified atom stereocenters. The van der Waals surface area contributed by atoms with Gasteiger partial charge in [0.05, 0.1) is 0 Å². The van der Waals surface area contributed by atoms with E-state index in [4.69, 9.17) is 4.74 Å². The molecule has 7 rings (SSSR count). The van der Waals surface area contributed by atoms with Crippen molar-refractivity contribution >= 4 is 48.6 Å². The number of nitrogens with zero attached hydrogens (tertiary/aromatic N) is 1. The van der Waals surface area contributed by atoms with Crippen LogP contribution >= 0.6 is 11.3 Å². The van der Waals surface area contributed by atoms with Crippen LogP contribution in [-0.2, 0) is 5.41 Å². The minimum atomic E-state index is -0.180. The number of rotatable bonds is 3. The summed E-state index contributed by atoms with van der Waals surface area (Å²) in [5.41, 5.74) is 6.83. The van der Waals surface area contributed by atoms with Crippen molar-refractivity contribution in [1.29, 1.82) is 0 Å². The quantitative estimate of drug-likeness (QED) is 0.241. The summed E-state index contributed by atoms with van der Waals surface area (Å²) in [4.78, 5) is 2.30. The van der Waals surface area contributed by atoms with Gasteiger partial charge < -0.3 is 9.64 Å². The van der Waals surface area contributed by atoms with Crippen LogP contribution in [0.25, 0.3) is 20.2 Å². The summed E-state index contributed by atoms with van der Waals surface area (Å²) in [7, 11) is 0. The predicted molar refractivity (Wildman–Crippen MR) is 157 cm³/mol. The van der Waals surface area contributed by atoms with Crippen molar-refractivity contribution in [3.63, 3.8) is 0 Å². The fourth-order valence-electron chi connectivity index (χ4n) is 5.61. The molecule has 2 heterocycles. The molecule has 6 aromatic rings. The molecule has 1 aliphatic rings. The van der Waals surface area contributed by atoms with Gasteiger partial charge in [-0.05, 0) is 49.4 Å². The molecular weight excluding hydrogens is 470 g/mol. The minimum Gasteiger partial charge on any atom is -0.456 e. The molecule has 5 aromatic carbocycles. The number of hydrogen-bond acceptors (Lipinski definition) is 3. The Bertz CT molecular complexity index is 1780. The van der Waals surface area contributed by atoms with Crippen LogP contribution in [0.3, 0.4) is 0 Å². The van der Waals surface area contributed by atoms with Gasteiger partial charge in [-0.2, -0.15) is 0 Å². The maximum atomic E-state index is 6.85. The van der Waals surface area contributed by atoms with Crippen molar-refractivity contribution in [1.82, 2.24) is 0 Å². The van der Waals surface area contributed by atoms with Crippen LogP contribution in [0, 0.1) is 6.92 Å². The van der Waals surface area contributed by atoms with Crippen LogP contribution in [-0.4, -0.2) is 0 Å². The average Bonchev–Trinajstić information content (AvgIpc) is 3.30. The summed E-state index contributed by atoms with van der Waals surface area (Å²) in [6, 6.07) is 39.1. The molecule has 0 saturated carbocycles. The number of thiophene rings is 1. The van der Waals surface area contributed by atoms with Gasteiger partial charge >= 0.3 is 0 Å². The molecule has 0 fully saturated rings. The lowest BCUT2D eigenvalue weighted by molar-refractivity contribution is 0.423. The van der Waals surface area contributed by atoms with Crippen molar-refractivity contribution in [3.8, 4) is 11.5 Å². The van der Waals surface area contributed by atoms with Gasteiger partial charge in [0.25, 0.3) is 0 Å². The molecule has 0 aliphatic carbocycles. The molecule has 0 radical (unpaired) electrons. The van der Waals surface area contributed by atoms with Crippen molar-refractivity contribution in [3.05, 3.63) is 126 Å². The summed E-state index contributed by atoms with van der Waals surface area (Å²) in [6.07, 6.45) is 0. The first-order valence-electron chi connectivity index (χ1n) is 12.7. The van der Waals surface area contributed by atoms with Gasteiger partial charge in [0.2, 0.25) is 0 Å². The van der Waals surface area contributed by atoms with Crippen LogP contribution in [0.2, 0.25) is 0 Å². The van der Waals surface area contributed by atoms with Crippen LogP contribution in [0.4, 0.5) is 17.1 Å². The Hall–Kier alpha value is -4.08. The topological polar surface area (TPSA) is 12.5 Å². The summed E-state index contributed by atoms with van der Waals surface area (Å²) in [5.74, 6) is 1.91. The molecule has 0 saturated heterocycles. The van der Waals surface area contributed by atoms with Crippen LogP contribution in [0.15, 0.2) is 109 Å². The third-order valence-corrected chi connectivity index (χ3v) is 8.72. The fraction of sp³-hybridized carbons (Fsp3) is 0.118. The fourth-order valence-corrected chi connectivity index (χ4v) is 6.71. The summed E-state index contributed by atoms with van der Waals surface area (Å²) in [6.45, 7) is 6.74. The zero-order chi connectivity index (χ0) is 25.1. The highest BCUT2D eigenvalue weighted by molar-refractivity contribution is 7.25. The summed E-state index contributed by atoms with van der Waals surface area (Å²) >= 11 is 1.83. The Balaban J connectivity index is 1.42. The monoisotopic (exact) mass is 497 g/mol. The van der Waals surface area contributed by atoms with E-state index < -0.39 is 0 Å². The summed E-state index contributed by atoms with van der Waals surface area (Å²) < 4.78 is 9.41. The molecular formula is C34H27NOS. The van der Waals surface area contributed by atoms with Crippen LogP contribution in [0.1, 0.15) is 30.5 Å². The number of para-hydroxylation sites is 1. The lowest BCUT2D eigenvalue weighted by atomic mass is 9.75. The maximum Gasteiger partial charge on any atom is 0.140 e. The molecule has 37 heavy (non-hydrogen) atoms. The lowest BCUT2D eigenvalue weighted by Crippen LogP contribution is -2.24. The van der Waals surface area contributed by atoms with Crippen molar-refractivity contribution < 1.29 is 4.74 Å². The van der Waals surface area contributed by atoms with Crippen molar-refractivity contribution in [2.24, 2.45) is 0 Å². The molecule has 3 heteroatoms. The SMILES string of the molecule is Cc1ccc(N(c2ccccc2)c2ccc3c(c2)Oc2c(ccc4sc5ccccc5c24)C3(C)C)cc1. The van der Waals surface area contributed by atoms with E-state index in [1.165, 1.54) is 36.9 Å². The number of ether oxygens (including phenoxy) is 1. The number of aryl methyl sites for hydroxylation is 1. The van der Waals surface area contributed by atoms with E-state index in [0.717, 1.165) is 28.6 Å². The first-order chi connectivity index (χ1) is 18.0. The Kier molecular flexibility index (Phi) is 4.92. The van der Waals surface area contributed by atoms with Crippen LogP contribution in [0.5, 0.6) is 11.5 Å². The van der Waals surface area contributed by atoms with E-state index in [9.17, 15) is 0 Å². The Morgan fingerprint density at radius 2 is 1.32 bits per heavy atom. The predicted octanol–water partition coefficient (Wildman–Crippen LogP) is 10.3. The largest absolute Gasteiger partial charge is 0.456 e. The van der Waals surface area contributed by atoms with E-state index in [0.29, 0.717) is 0 Å². The Labute approximate surface area is 221 Å².